The molecule has 3 nitrogen and oxygen atoms in total. The number of benzene rings is 5. The SMILES string of the molecule is C1=CC2=Nc3c(c4cc5sc6ccccc6c5c5c6cc(-c7cccc8ccccc78)ccc6n3c45)NC2C=C1. The monoisotopic (exact) mass is 527 g/mol. The van der Waals surface area contributed by atoms with Crippen LogP contribution in [0.2, 0.25) is 0 Å². The van der Waals surface area contributed by atoms with E-state index in [0.29, 0.717) is 0 Å². The highest BCUT2D eigenvalue weighted by Gasteiger charge is 2.30. The van der Waals surface area contributed by atoms with Crippen LogP contribution in [-0.4, -0.2) is 16.2 Å². The predicted octanol–water partition coefficient (Wildman–Crippen LogP) is 9.86. The zero-order valence-corrected chi connectivity index (χ0v) is 22.2. The van der Waals surface area contributed by atoms with Crippen LogP contribution in [0.15, 0.2) is 120 Å². The Hall–Kier alpha value is -4.93. The van der Waals surface area contributed by atoms with Crippen LogP contribution in [0.5, 0.6) is 0 Å². The van der Waals surface area contributed by atoms with Crippen molar-refractivity contribution in [3.8, 4) is 11.1 Å². The summed E-state index contributed by atoms with van der Waals surface area (Å²) in [7, 11) is 0. The molecule has 1 atom stereocenters. The molecule has 5 aromatic carbocycles. The molecule has 1 N–H and O–H groups in total. The molecule has 4 heteroatoms. The highest BCUT2D eigenvalue weighted by molar-refractivity contribution is 7.26. The van der Waals surface area contributed by atoms with Crippen molar-refractivity contribution in [2.75, 3.05) is 5.32 Å². The molecule has 0 fully saturated rings. The molecule has 10 rings (SSSR count). The summed E-state index contributed by atoms with van der Waals surface area (Å²) < 4.78 is 5.05. The summed E-state index contributed by atoms with van der Waals surface area (Å²) in [5.74, 6) is 1.00. The maximum atomic E-state index is 5.25. The number of anilines is 1. The maximum absolute atomic E-state index is 5.25. The molecule has 1 aliphatic heterocycles. The van der Waals surface area contributed by atoms with Crippen LogP contribution in [0.1, 0.15) is 0 Å². The molecule has 40 heavy (non-hydrogen) atoms. The standard InChI is InChI=1S/C36H21N3S/c1-2-10-22-20(8-1)9-7-12-23(22)21-16-17-29-25(18-21)33-32-24-11-3-6-15-30(24)40-31(32)19-26-34-36(39(29)35(26)33)38-28-14-5-4-13-27(28)37-34/h1-19,27,37H. The van der Waals surface area contributed by atoms with Crippen LogP contribution >= 0.6 is 11.3 Å². The molecule has 186 valence electrons. The molecule has 0 amide bonds. The van der Waals surface area contributed by atoms with Gasteiger partial charge in [-0.1, -0.05) is 85.0 Å². The molecule has 0 saturated carbocycles. The van der Waals surface area contributed by atoms with Gasteiger partial charge < -0.3 is 5.32 Å². The lowest BCUT2D eigenvalue weighted by Crippen LogP contribution is -2.29. The summed E-state index contributed by atoms with van der Waals surface area (Å²) in [6, 6.07) is 33.6. The normalized spacial score (nSPS) is 16.4. The van der Waals surface area contributed by atoms with Gasteiger partial charge in [0.05, 0.1) is 28.5 Å². The van der Waals surface area contributed by atoms with Gasteiger partial charge in [-0.2, -0.15) is 0 Å². The number of hydrogen-bond acceptors (Lipinski definition) is 3. The number of rotatable bonds is 1. The van der Waals surface area contributed by atoms with Crippen molar-refractivity contribution in [1.29, 1.82) is 0 Å². The smallest absolute Gasteiger partial charge is 0.162 e. The molecule has 0 bridgehead atoms. The van der Waals surface area contributed by atoms with Crippen molar-refractivity contribution in [3.63, 3.8) is 0 Å². The first-order valence-electron chi connectivity index (χ1n) is 13.7. The number of aromatic nitrogens is 1. The van der Waals surface area contributed by atoms with Gasteiger partial charge in [-0.15, -0.1) is 11.3 Å². The van der Waals surface area contributed by atoms with Crippen molar-refractivity contribution in [3.05, 3.63) is 115 Å². The van der Waals surface area contributed by atoms with Gasteiger partial charge in [-0.3, -0.25) is 4.40 Å². The first kappa shape index (κ1) is 21.0. The van der Waals surface area contributed by atoms with Gasteiger partial charge in [0.25, 0.3) is 0 Å². The van der Waals surface area contributed by atoms with Crippen molar-refractivity contribution < 1.29 is 0 Å². The quantitative estimate of drug-likeness (QED) is 0.226. The number of allylic oxidation sites excluding steroid dienone is 2. The molecule has 2 aliphatic rings. The number of aliphatic imine (C=N–C) groups is 1. The van der Waals surface area contributed by atoms with E-state index in [2.05, 4.69) is 125 Å². The Morgan fingerprint density at radius 3 is 2.58 bits per heavy atom. The maximum Gasteiger partial charge on any atom is 0.162 e. The van der Waals surface area contributed by atoms with Crippen molar-refractivity contribution >= 4 is 86.7 Å². The van der Waals surface area contributed by atoms with E-state index in [0.717, 1.165) is 17.2 Å². The molecule has 0 saturated heterocycles. The van der Waals surface area contributed by atoms with Crippen LogP contribution in [0.4, 0.5) is 11.5 Å². The molecule has 3 aromatic heterocycles. The van der Waals surface area contributed by atoms with Crippen LogP contribution in [0.3, 0.4) is 0 Å². The van der Waals surface area contributed by atoms with Crippen molar-refractivity contribution in [2.45, 2.75) is 6.04 Å². The molecule has 8 aromatic rings. The fourth-order valence-corrected chi connectivity index (χ4v) is 8.15. The number of nitrogens with zero attached hydrogens (tertiary/aromatic N) is 2. The van der Waals surface area contributed by atoms with E-state index >= 15 is 0 Å². The zero-order chi connectivity index (χ0) is 25.9. The Bertz CT molecular complexity index is 2460. The summed E-state index contributed by atoms with van der Waals surface area (Å²) in [4.78, 5) is 5.25. The summed E-state index contributed by atoms with van der Waals surface area (Å²) in [6.45, 7) is 0. The second kappa shape index (κ2) is 7.38. The van der Waals surface area contributed by atoms with E-state index in [9.17, 15) is 0 Å². The Labute approximate surface area is 233 Å². The Morgan fingerprint density at radius 1 is 0.725 bits per heavy atom. The van der Waals surface area contributed by atoms with E-state index in [4.69, 9.17) is 4.99 Å². The summed E-state index contributed by atoms with van der Waals surface area (Å²) in [5.41, 5.74) is 7.16. The summed E-state index contributed by atoms with van der Waals surface area (Å²) in [5, 5.41) is 12.9. The fourth-order valence-electron chi connectivity index (χ4n) is 7.00. The second-order valence-electron chi connectivity index (χ2n) is 10.8. The van der Waals surface area contributed by atoms with Crippen molar-refractivity contribution in [2.24, 2.45) is 4.99 Å². The molecule has 4 heterocycles. The molecular formula is C36H21N3S. The third-order valence-electron chi connectivity index (χ3n) is 8.71. The van der Waals surface area contributed by atoms with Gasteiger partial charge in [-0.25, -0.2) is 4.99 Å². The Balaban J connectivity index is 1.40. The average Bonchev–Trinajstić information content (AvgIpc) is 3.65. The van der Waals surface area contributed by atoms with E-state index in [1.54, 1.807) is 0 Å². The van der Waals surface area contributed by atoms with E-state index in [1.165, 1.54) is 69.3 Å². The van der Waals surface area contributed by atoms with E-state index in [1.807, 2.05) is 11.3 Å². The average molecular weight is 528 g/mol. The minimum Gasteiger partial charge on any atom is -0.370 e. The van der Waals surface area contributed by atoms with Crippen LogP contribution in [-0.2, 0) is 0 Å². The van der Waals surface area contributed by atoms with Gasteiger partial charge in [0.15, 0.2) is 5.82 Å². The second-order valence-corrected chi connectivity index (χ2v) is 11.9. The van der Waals surface area contributed by atoms with Crippen LogP contribution < -0.4 is 5.32 Å². The first-order chi connectivity index (χ1) is 19.8. The minimum atomic E-state index is 0.103. The van der Waals surface area contributed by atoms with Gasteiger partial charge >= 0.3 is 0 Å². The third kappa shape index (κ3) is 2.57. The Kier molecular flexibility index (Phi) is 3.87. The summed E-state index contributed by atoms with van der Waals surface area (Å²) >= 11 is 1.89. The van der Waals surface area contributed by atoms with E-state index < -0.39 is 0 Å². The molecule has 1 aliphatic carbocycles. The number of fused-ring (bicyclic) bond motifs is 12. The lowest BCUT2D eigenvalue weighted by Gasteiger charge is -2.23. The topological polar surface area (TPSA) is 28.8 Å². The van der Waals surface area contributed by atoms with Crippen LogP contribution in [0.25, 0.3) is 69.3 Å². The van der Waals surface area contributed by atoms with Gasteiger partial charge in [0.1, 0.15) is 0 Å². The van der Waals surface area contributed by atoms with Crippen molar-refractivity contribution in [1.82, 2.24) is 4.40 Å². The lowest BCUT2D eigenvalue weighted by atomic mass is 9.96. The zero-order valence-electron chi connectivity index (χ0n) is 21.3. The minimum absolute atomic E-state index is 0.103. The summed E-state index contributed by atoms with van der Waals surface area (Å²) in [6.07, 6.45) is 8.50. The lowest BCUT2D eigenvalue weighted by molar-refractivity contribution is 1.11. The van der Waals surface area contributed by atoms with Gasteiger partial charge in [0.2, 0.25) is 0 Å². The number of thiophene rings is 1. The highest BCUT2D eigenvalue weighted by atomic mass is 32.1. The molecular weight excluding hydrogens is 506 g/mol. The largest absolute Gasteiger partial charge is 0.370 e. The fraction of sp³-hybridized carbons (Fsp3) is 0.0278. The van der Waals surface area contributed by atoms with Crippen LogP contribution in [0, 0.1) is 0 Å². The van der Waals surface area contributed by atoms with Gasteiger partial charge in [0, 0.05) is 36.3 Å². The van der Waals surface area contributed by atoms with Gasteiger partial charge in [-0.05, 0) is 52.2 Å². The molecule has 0 spiro atoms. The number of hydrogen-bond donors (Lipinski definition) is 1. The first-order valence-corrected chi connectivity index (χ1v) is 14.5. The predicted molar refractivity (Wildman–Crippen MR) is 172 cm³/mol. The number of nitrogens with one attached hydrogen (secondary N) is 1. The Morgan fingerprint density at radius 2 is 1.60 bits per heavy atom. The molecule has 0 radical (unpaired) electrons. The third-order valence-corrected chi connectivity index (χ3v) is 9.83. The molecule has 1 unspecified atom stereocenters. The highest BCUT2D eigenvalue weighted by Crippen LogP contribution is 2.52. The van der Waals surface area contributed by atoms with E-state index in [-0.39, 0.29) is 6.04 Å².